The molecule has 1 heterocycles. The number of aryl methyl sites for hydroxylation is 1. The van der Waals surface area contributed by atoms with E-state index in [0.717, 1.165) is 0 Å². The first kappa shape index (κ1) is 17.4. The third kappa shape index (κ3) is 3.35. The molecule has 1 aromatic carbocycles. The molecule has 0 spiro atoms. The number of aliphatic carboxylic acids is 1. The number of hydrogen-bond donors (Lipinski definition) is 2. The van der Waals surface area contributed by atoms with Crippen LogP contribution in [0.15, 0.2) is 22.6 Å². The lowest BCUT2D eigenvalue weighted by Gasteiger charge is -2.16. The number of carboxylic acids is 1. The van der Waals surface area contributed by atoms with E-state index in [1.54, 1.807) is 32.0 Å². The zero-order chi connectivity index (χ0) is 17.3. The third-order valence-corrected chi connectivity index (χ3v) is 4.29. The Morgan fingerprint density at radius 3 is 2.43 bits per heavy atom. The zero-order valence-electron chi connectivity index (χ0n) is 12.7. The summed E-state index contributed by atoms with van der Waals surface area (Å²) in [4.78, 5) is 23.3. The van der Waals surface area contributed by atoms with E-state index in [9.17, 15) is 14.7 Å². The molecule has 2 aromatic rings. The highest BCUT2D eigenvalue weighted by Gasteiger charge is 2.29. The lowest BCUT2D eigenvalue weighted by molar-refractivity contribution is -0.138. The van der Waals surface area contributed by atoms with E-state index in [2.05, 4.69) is 5.32 Å². The molecule has 0 radical (unpaired) electrons. The second-order valence-corrected chi connectivity index (χ2v) is 5.88. The van der Waals surface area contributed by atoms with E-state index in [1.165, 1.54) is 6.92 Å². The van der Waals surface area contributed by atoms with Gasteiger partial charge in [-0.15, -0.1) is 0 Å². The van der Waals surface area contributed by atoms with Crippen LogP contribution in [-0.2, 0) is 4.79 Å². The van der Waals surface area contributed by atoms with Crippen molar-refractivity contribution >= 4 is 40.6 Å². The first-order valence-electron chi connectivity index (χ1n) is 6.78. The van der Waals surface area contributed by atoms with Crippen molar-refractivity contribution in [3.63, 3.8) is 0 Å². The molecule has 0 amide bonds. The highest BCUT2D eigenvalue weighted by Crippen LogP contribution is 2.34. The maximum absolute atomic E-state index is 11.7. The van der Waals surface area contributed by atoms with Gasteiger partial charge in [-0.2, -0.15) is 0 Å². The van der Waals surface area contributed by atoms with Crippen molar-refractivity contribution in [2.75, 3.05) is 5.32 Å². The van der Waals surface area contributed by atoms with Crippen LogP contribution in [0.2, 0.25) is 10.0 Å². The van der Waals surface area contributed by atoms with Gasteiger partial charge >= 0.3 is 5.97 Å². The summed E-state index contributed by atoms with van der Waals surface area (Å²) in [7, 11) is 0. The van der Waals surface area contributed by atoms with Crippen molar-refractivity contribution in [2.45, 2.75) is 26.8 Å². The Morgan fingerprint density at radius 1 is 1.26 bits per heavy atom. The van der Waals surface area contributed by atoms with Gasteiger partial charge in [0.1, 0.15) is 11.5 Å². The first-order valence-corrected chi connectivity index (χ1v) is 7.53. The van der Waals surface area contributed by atoms with Gasteiger partial charge in [-0.05, 0) is 32.9 Å². The number of anilines is 1. The van der Waals surface area contributed by atoms with Gasteiger partial charge in [0.15, 0.2) is 11.8 Å². The maximum Gasteiger partial charge on any atom is 0.334 e. The van der Waals surface area contributed by atoms with Gasteiger partial charge in [-0.25, -0.2) is 4.79 Å². The largest absolute Gasteiger partial charge is 0.479 e. The average molecular weight is 356 g/mol. The molecule has 0 bridgehead atoms. The molecule has 0 saturated carbocycles. The quantitative estimate of drug-likeness (QED) is 0.763. The SMILES string of the molecule is CC(=O)c1c(C)oc(C(Nc2cccc(Cl)c2Cl)C(=O)O)c1C. The molecule has 1 unspecified atom stereocenters. The minimum absolute atomic E-state index is 0.163. The first-order chi connectivity index (χ1) is 10.7. The Balaban J connectivity index is 2.48. The molecular formula is C16H15Cl2NO4. The van der Waals surface area contributed by atoms with E-state index in [1.807, 2.05) is 0 Å². The summed E-state index contributed by atoms with van der Waals surface area (Å²) in [5.41, 5.74) is 1.25. The summed E-state index contributed by atoms with van der Waals surface area (Å²) < 4.78 is 5.53. The van der Waals surface area contributed by atoms with E-state index in [-0.39, 0.29) is 16.6 Å². The predicted octanol–water partition coefficient (Wildman–Crippen LogP) is 4.64. The lowest BCUT2D eigenvalue weighted by Crippen LogP contribution is -2.21. The van der Waals surface area contributed by atoms with Gasteiger partial charge in [0.25, 0.3) is 0 Å². The Hall–Kier alpha value is -1.98. The van der Waals surface area contributed by atoms with Crippen LogP contribution < -0.4 is 5.32 Å². The van der Waals surface area contributed by atoms with Crippen LogP contribution in [0.3, 0.4) is 0 Å². The van der Waals surface area contributed by atoms with Gasteiger partial charge in [-0.3, -0.25) is 4.79 Å². The predicted molar refractivity (Wildman–Crippen MR) is 88.6 cm³/mol. The smallest absolute Gasteiger partial charge is 0.334 e. The number of carboxylic acid groups (broad SMARTS) is 1. The Kier molecular flexibility index (Phi) is 5.02. The Bertz CT molecular complexity index is 783. The molecule has 1 aromatic heterocycles. The van der Waals surface area contributed by atoms with Crippen LogP contribution in [0, 0.1) is 13.8 Å². The third-order valence-electron chi connectivity index (χ3n) is 3.47. The molecule has 2 N–H and O–H groups in total. The molecule has 122 valence electrons. The highest BCUT2D eigenvalue weighted by molar-refractivity contribution is 6.43. The molecule has 2 rings (SSSR count). The van der Waals surface area contributed by atoms with Gasteiger partial charge in [0.2, 0.25) is 0 Å². The van der Waals surface area contributed by atoms with Crippen molar-refractivity contribution in [1.82, 2.24) is 0 Å². The highest BCUT2D eigenvalue weighted by atomic mass is 35.5. The van der Waals surface area contributed by atoms with E-state index in [0.29, 0.717) is 27.6 Å². The second kappa shape index (κ2) is 6.64. The molecule has 0 aliphatic carbocycles. The molecule has 0 aliphatic heterocycles. The van der Waals surface area contributed by atoms with Crippen LogP contribution in [0.5, 0.6) is 0 Å². The fourth-order valence-electron chi connectivity index (χ4n) is 2.48. The normalized spacial score (nSPS) is 12.0. The van der Waals surface area contributed by atoms with E-state index >= 15 is 0 Å². The Labute approximate surface area is 143 Å². The van der Waals surface area contributed by atoms with Crippen LogP contribution >= 0.6 is 23.2 Å². The minimum atomic E-state index is -1.20. The monoisotopic (exact) mass is 355 g/mol. The molecular weight excluding hydrogens is 341 g/mol. The number of carbonyl (C=O) groups excluding carboxylic acids is 1. The lowest BCUT2D eigenvalue weighted by atomic mass is 10.0. The number of nitrogens with one attached hydrogen (secondary N) is 1. The van der Waals surface area contributed by atoms with Crippen LogP contribution in [0.4, 0.5) is 5.69 Å². The minimum Gasteiger partial charge on any atom is -0.479 e. The fraction of sp³-hybridized carbons (Fsp3) is 0.250. The fourth-order valence-corrected chi connectivity index (χ4v) is 2.83. The molecule has 7 heteroatoms. The number of benzene rings is 1. The van der Waals surface area contributed by atoms with Gasteiger partial charge in [0, 0.05) is 5.56 Å². The van der Waals surface area contributed by atoms with Crippen molar-refractivity contribution in [2.24, 2.45) is 0 Å². The summed E-state index contributed by atoms with van der Waals surface area (Å²) in [6.45, 7) is 4.68. The van der Waals surface area contributed by atoms with E-state index in [4.69, 9.17) is 27.6 Å². The van der Waals surface area contributed by atoms with Gasteiger partial charge < -0.3 is 14.8 Å². The van der Waals surface area contributed by atoms with Crippen LogP contribution in [0.1, 0.15) is 40.4 Å². The Morgan fingerprint density at radius 2 is 1.91 bits per heavy atom. The molecule has 0 aliphatic rings. The summed E-state index contributed by atoms with van der Waals surface area (Å²) in [6, 6.07) is 3.66. The summed E-state index contributed by atoms with van der Waals surface area (Å²) in [5.74, 6) is -0.792. The molecule has 0 saturated heterocycles. The number of furan rings is 1. The van der Waals surface area contributed by atoms with Crippen LogP contribution in [-0.4, -0.2) is 16.9 Å². The van der Waals surface area contributed by atoms with Gasteiger partial charge in [0.05, 0.1) is 21.3 Å². The number of rotatable bonds is 5. The summed E-state index contributed by atoms with van der Waals surface area (Å²) in [6.07, 6.45) is 0. The number of hydrogen-bond acceptors (Lipinski definition) is 4. The standard InChI is InChI=1S/C16H15Cl2NO4/c1-7-12(8(2)20)9(3)23-15(7)14(16(21)22)19-11-6-4-5-10(17)13(11)18/h4-6,14,19H,1-3H3,(H,21,22). The number of ketones is 1. The zero-order valence-corrected chi connectivity index (χ0v) is 14.2. The van der Waals surface area contributed by atoms with Gasteiger partial charge in [-0.1, -0.05) is 29.3 Å². The van der Waals surface area contributed by atoms with Crippen LogP contribution in [0.25, 0.3) is 0 Å². The summed E-state index contributed by atoms with van der Waals surface area (Å²) >= 11 is 12.0. The maximum atomic E-state index is 11.7. The van der Waals surface area contributed by atoms with E-state index < -0.39 is 12.0 Å². The average Bonchev–Trinajstić information content (AvgIpc) is 2.75. The van der Waals surface area contributed by atoms with Crippen molar-refractivity contribution < 1.29 is 19.1 Å². The molecule has 1 atom stereocenters. The van der Waals surface area contributed by atoms with Crippen molar-refractivity contribution in [3.8, 4) is 0 Å². The summed E-state index contributed by atoms with van der Waals surface area (Å²) in [5, 5.41) is 12.9. The molecule has 5 nitrogen and oxygen atoms in total. The number of carbonyl (C=O) groups is 2. The molecule has 0 fully saturated rings. The second-order valence-electron chi connectivity index (χ2n) is 5.10. The molecule has 23 heavy (non-hydrogen) atoms. The van der Waals surface area contributed by atoms with Crippen molar-refractivity contribution in [1.29, 1.82) is 0 Å². The number of halogens is 2. The number of Topliss-reactive ketones (excluding diaryl/α,β-unsaturated/α-hetero) is 1. The topological polar surface area (TPSA) is 79.5 Å². The van der Waals surface area contributed by atoms with Crippen molar-refractivity contribution in [3.05, 3.63) is 50.9 Å².